The lowest BCUT2D eigenvalue weighted by Gasteiger charge is -2.15. The van der Waals surface area contributed by atoms with E-state index in [2.05, 4.69) is 5.32 Å². The van der Waals surface area contributed by atoms with Gasteiger partial charge >= 0.3 is 0 Å². The lowest BCUT2D eigenvalue weighted by molar-refractivity contribution is -0.121. The van der Waals surface area contributed by atoms with E-state index in [1.54, 1.807) is 7.11 Å². The molecule has 0 saturated heterocycles. The van der Waals surface area contributed by atoms with Gasteiger partial charge in [0.05, 0.1) is 13.5 Å². The second-order valence-corrected chi connectivity index (χ2v) is 3.90. The summed E-state index contributed by atoms with van der Waals surface area (Å²) in [7, 11) is 1.60. The average Bonchev–Trinajstić information content (AvgIpc) is 2.36. The van der Waals surface area contributed by atoms with Crippen LogP contribution in [0.2, 0.25) is 0 Å². The Bertz CT molecular complexity index is 362. The Morgan fingerprint density at radius 1 is 1.47 bits per heavy atom. The highest BCUT2D eigenvalue weighted by atomic mass is 16.5. The summed E-state index contributed by atoms with van der Waals surface area (Å²) < 4.78 is 5.20. The highest BCUT2D eigenvalue weighted by Crippen LogP contribution is 2.17. The summed E-state index contributed by atoms with van der Waals surface area (Å²) in [5, 5.41) is 2.90. The summed E-state index contributed by atoms with van der Waals surface area (Å²) in [6, 6.07) is 7.57. The fourth-order valence-corrected chi connectivity index (χ4v) is 1.63. The molecule has 1 atom stereocenters. The minimum atomic E-state index is -0.0215. The Labute approximate surface area is 102 Å². The molecule has 1 aromatic rings. The van der Waals surface area contributed by atoms with Crippen LogP contribution in [-0.4, -0.2) is 25.6 Å². The minimum Gasteiger partial charge on any atom is -0.496 e. The molecule has 4 heteroatoms. The van der Waals surface area contributed by atoms with Crippen molar-refractivity contribution in [2.75, 3.05) is 13.7 Å². The number of nitrogens with two attached hydrogens (primary N) is 1. The molecular formula is C13H20N2O2. The molecule has 4 nitrogen and oxygen atoms in total. The second-order valence-electron chi connectivity index (χ2n) is 3.90. The normalized spacial score (nSPS) is 11.9. The van der Waals surface area contributed by atoms with Crippen LogP contribution in [0.1, 0.15) is 18.9 Å². The number of hydrogen-bond acceptors (Lipinski definition) is 3. The Balaban J connectivity index is 2.61. The number of para-hydroxylation sites is 1. The molecule has 0 aromatic heterocycles. The van der Waals surface area contributed by atoms with Crippen LogP contribution in [0.5, 0.6) is 5.75 Å². The largest absolute Gasteiger partial charge is 0.496 e. The predicted molar refractivity (Wildman–Crippen MR) is 68.0 cm³/mol. The quantitative estimate of drug-likeness (QED) is 0.777. The zero-order chi connectivity index (χ0) is 12.7. The van der Waals surface area contributed by atoms with Crippen LogP contribution in [0.4, 0.5) is 0 Å². The number of carbonyl (C=O) groups is 1. The van der Waals surface area contributed by atoms with E-state index in [1.165, 1.54) is 0 Å². The molecule has 94 valence electrons. The van der Waals surface area contributed by atoms with Crippen molar-refractivity contribution in [3.05, 3.63) is 29.8 Å². The fraction of sp³-hybridized carbons (Fsp3) is 0.462. The van der Waals surface area contributed by atoms with Crippen LogP contribution in [0, 0.1) is 0 Å². The second kappa shape index (κ2) is 6.91. The van der Waals surface area contributed by atoms with E-state index in [1.807, 2.05) is 31.2 Å². The molecule has 0 fully saturated rings. The SMILES string of the molecule is CCC(CN)NC(=O)Cc1ccccc1OC. The summed E-state index contributed by atoms with van der Waals surface area (Å²) in [6.07, 6.45) is 1.16. The highest BCUT2D eigenvalue weighted by molar-refractivity contribution is 5.79. The summed E-state index contributed by atoms with van der Waals surface area (Å²) in [5.74, 6) is 0.718. The third-order valence-corrected chi connectivity index (χ3v) is 2.69. The Kier molecular flexibility index (Phi) is 5.49. The van der Waals surface area contributed by atoms with Crippen LogP contribution < -0.4 is 15.8 Å². The number of amides is 1. The van der Waals surface area contributed by atoms with Gasteiger partial charge in [-0.25, -0.2) is 0 Å². The zero-order valence-corrected chi connectivity index (χ0v) is 10.4. The number of nitrogens with one attached hydrogen (secondary N) is 1. The first-order valence-corrected chi connectivity index (χ1v) is 5.82. The van der Waals surface area contributed by atoms with E-state index in [4.69, 9.17) is 10.5 Å². The van der Waals surface area contributed by atoms with E-state index < -0.39 is 0 Å². The van der Waals surface area contributed by atoms with Crippen molar-refractivity contribution >= 4 is 5.91 Å². The van der Waals surface area contributed by atoms with E-state index in [0.29, 0.717) is 13.0 Å². The van der Waals surface area contributed by atoms with Gasteiger partial charge in [0.2, 0.25) is 5.91 Å². The topological polar surface area (TPSA) is 64.3 Å². The molecule has 0 aliphatic rings. The molecule has 0 aliphatic heterocycles. The Hall–Kier alpha value is -1.55. The number of benzene rings is 1. The first-order chi connectivity index (χ1) is 8.21. The van der Waals surface area contributed by atoms with E-state index in [9.17, 15) is 4.79 Å². The minimum absolute atomic E-state index is 0.0215. The first-order valence-electron chi connectivity index (χ1n) is 5.82. The molecule has 3 N–H and O–H groups in total. The zero-order valence-electron chi connectivity index (χ0n) is 10.4. The molecule has 1 rings (SSSR count). The van der Waals surface area contributed by atoms with Gasteiger partial charge in [0.15, 0.2) is 0 Å². The van der Waals surface area contributed by atoms with E-state index in [-0.39, 0.29) is 11.9 Å². The summed E-state index contributed by atoms with van der Waals surface area (Å²) in [5.41, 5.74) is 6.43. The van der Waals surface area contributed by atoms with E-state index in [0.717, 1.165) is 17.7 Å². The lowest BCUT2D eigenvalue weighted by Crippen LogP contribution is -2.40. The van der Waals surface area contributed by atoms with Gasteiger partial charge in [-0.15, -0.1) is 0 Å². The van der Waals surface area contributed by atoms with Crippen LogP contribution in [0.15, 0.2) is 24.3 Å². The van der Waals surface area contributed by atoms with Crippen molar-refractivity contribution in [2.24, 2.45) is 5.73 Å². The van der Waals surface area contributed by atoms with Crippen molar-refractivity contribution in [1.82, 2.24) is 5.32 Å². The molecule has 0 spiro atoms. The molecule has 0 saturated carbocycles. The average molecular weight is 236 g/mol. The molecule has 1 amide bonds. The number of ether oxygens (including phenoxy) is 1. The van der Waals surface area contributed by atoms with Gasteiger partial charge in [-0.1, -0.05) is 25.1 Å². The molecule has 17 heavy (non-hydrogen) atoms. The van der Waals surface area contributed by atoms with Crippen molar-refractivity contribution in [3.63, 3.8) is 0 Å². The van der Waals surface area contributed by atoms with E-state index >= 15 is 0 Å². The monoisotopic (exact) mass is 236 g/mol. The maximum atomic E-state index is 11.8. The summed E-state index contributed by atoms with van der Waals surface area (Å²) in [6.45, 7) is 2.47. The van der Waals surface area contributed by atoms with Crippen molar-refractivity contribution in [2.45, 2.75) is 25.8 Å². The van der Waals surface area contributed by atoms with Gasteiger partial charge in [0, 0.05) is 18.2 Å². The standard InChI is InChI=1S/C13H20N2O2/c1-3-11(9-14)15-13(16)8-10-6-4-5-7-12(10)17-2/h4-7,11H,3,8-9,14H2,1-2H3,(H,15,16). The smallest absolute Gasteiger partial charge is 0.224 e. The third-order valence-electron chi connectivity index (χ3n) is 2.69. The predicted octanol–water partition coefficient (Wildman–Crippen LogP) is 1.09. The molecule has 0 heterocycles. The van der Waals surface area contributed by atoms with Gasteiger partial charge in [0.25, 0.3) is 0 Å². The third kappa shape index (κ3) is 4.07. The van der Waals surface area contributed by atoms with Crippen molar-refractivity contribution in [1.29, 1.82) is 0 Å². The Morgan fingerprint density at radius 2 is 2.18 bits per heavy atom. The van der Waals surface area contributed by atoms with Gasteiger partial charge in [-0.3, -0.25) is 4.79 Å². The van der Waals surface area contributed by atoms with Crippen molar-refractivity contribution in [3.8, 4) is 5.75 Å². The maximum absolute atomic E-state index is 11.8. The molecule has 0 aliphatic carbocycles. The molecule has 0 radical (unpaired) electrons. The molecular weight excluding hydrogens is 216 g/mol. The van der Waals surface area contributed by atoms with Crippen molar-refractivity contribution < 1.29 is 9.53 Å². The number of rotatable bonds is 6. The first kappa shape index (κ1) is 13.5. The number of hydrogen-bond donors (Lipinski definition) is 2. The number of methoxy groups -OCH3 is 1. The van der Waals surface area contributed by atoms with Gasteiger partial charge in [0.1, 0.15) is 5.75 Å². The Morgan fingerprint density at radius 3 is 2.76 bits per heavy atom. The van der Waals surface area contributed by atoms with Crippen LogP contribution in [-0.2, 0) is 11.2 Å². The fourth-order valence-electron chi connectivity index (χ4n) is 1.63. The van der Waals surface area contributed by atoms with Crippen LogP contribution >= 0.6 is 0 Å². The van der Waals surface area contributed by atoms with Crippen LogP contribution in [0.25, 0.3) is 0 Å². The molecule has 1 aromatic carbocycles. The lowest BCUT2D eigenvalue weighted by atomic mass is 10.1. The summed E-state index contributed by atoms with van der Waals surface area (Å²) in [4.78, 5) is 11.8. The maximum Gasteiger partial charge on any atom is 0.224 e. The summed E-state index contributed by atoms with van der Waals surface area (Å²) >= 11 is 0. The molecule has 1 unspecified atom stereocenters. The molecule has 0 bridgehead atoms. The number of carbonyl (C=O) groups excluding carboxylic acids is 1. The van der Waals surface area contributed by atoms with Crippen LogP contribution in [0.3, 0.4) is 0 Å². The van der Waals surface area contributed by atoms with Gasteiger partial charge < -0.3 is 15.8 Å². The van der Waals surface area contributed by atoms with Gasteiger partial charge in [-0.05, 0) is 12.5 Å². The van der Waals surface area contributed by atoms with Gasteiger partial charge in [-0.2, -0.15) is 0 Å². The highest BCUT2D eigenvalue weighted by Gasteiger charge is 2.11.